The Labute approximate surface area is 269 Å². The molecule has 1 N–H and O–H groups in total. The van der Waals surface area contributed by atoms with Crippen molar-refractivity contribution in [2.45, 2.75) is 222 Å². The Hall–Kier alpha value is -0.130. The molecule has 0 fully saturated rings. The van der Waals surface area contributed by atoms with Crippen LogP contribution in [0.2, 0.25) is 0 Å². The van der Waals surface area contributed by atoms with E-state index in [1.165, 1.54) is 154 Å². The molecule has 0 spiro atoms. The van der Waals surface area contributed by atoms with Crippen LogP contribution < -0.4 is 0 Å². The Bertz CT molecular complexity index is 462. The number of unbranched alkanes of at least 4 members (excludes halogenated alkanes) is 24. The van der Waals surface area contributed by atoms with Crippen molar-refractivity contribution in [3.8, 4) is 0 Å². The maximum absolute atomic E-state index is 10.4. The van der Waals surface area contributed by atoms with E-state index in [2.05, 4.69) is 39.4 Å². The normalized spacial score (nSPS) is 10.2. The van der Waals surface area contributed by atoms with E-state index in [4.69, 9.17) is 4.55 Å². The molecular formula is C37H84O4S. The number of hydrogen-bond acceptors (Lipinski definition) is 3. The van der Waals surface area contributed by atoms with Crippen LogP contribution in [0.15, 0.2) is 0 Å². The molecule has 0 aliphatic carbocycles. The van der Waals surface area contributed by atoms with E-state index in [9.17, 15) is 8.42 Å². The average Bonchev–Trinajstić information content (AvgIpc) is 2.97. The van der Waals surface area contributed by atoms with Gasteiger partial charge in [-0.1, -0.05) is 215 Å². The molecule has 262 valence electrons. The van der Waals surface area contributed by atoms with Gasteiger partial charge in [-0.3, -0.25) is 4.55 Å². The Kier molecular flexibility index (Phi) is 65.5. The smallest absolute Gasteiger partial charge is 0.264 e. The lowest BCUT2D eigenvalue weighted by Crippen LogP contribution is -2.03. The molecule has 0 saturated carbocycles. The lowest BCUT2D eigenvalue weighted by Gasteiger charge is -2.00. The zero-order valence-corrected chi connectivity index (χ0v) is 31.7. The van der Waals surface area contributed by atoms with E-state index in [-0.39, 0.29) is 5.75 Å². The largest absolute Gasteiger partial charge is 0.388 e. The second-order valence-electron chi connectivity index (χ2n) is 11.5. The second kappa shape index (κ2) is 53.4. The molecule has 0 rings (SSSR count). The second-order valence-corrected chi connectivity index (χ2v) is 13.0. The summed E-state index contributed by atoms with van der Waals surface area (Å²) in [5.74, 6) is -0.0814. The van der Waals surface area contributed by atoms with Crippen LogP contribution in [0.5, 0.6) is 0 Å². The van der Waals surface area contributed by atoms with Gasteiger partial charge in [-0.15, -0.1) is 0 Å². The highest BCUT2D eigenvalue weighted by atomic mass is 32.2. The summed E-state index contributed by atoms with van der Waals surface area (Å²) >= 11 is 0. The molecule has 0 bridgehead atoms. The van der Waals surface area contributed by atoms with Gasteiger partial charge in [0.05, 0.1) is 5.75 Å². The van der Waals surface area contributed by atoms with Crippen molar-refractivity contribution >= 4 is 10.1 Å². The first-order valence-electron chi connectivity index (χ1n) is 18.7. The molecule has 0 atom stereocenters. The molecule has 0 aliphatic rings. The van der Waals surface area contributed by atoms with Crippen molar-refractivity contribution in [3.05, 3.63) is 0 Å². The van der Waals surface area contributed by atoms with Crippen LogP contribution in [0.25, 0.3) is 0 Å². The van der Waals surface area contributed by atoms with Gasteiger partial charge in [0.1, 0.15) is 0 Å². The van der Waals surface area contributed by atoms with Crippen molar-refractivity contribution in [3.63, 3.8) is 0 Å². The molecule has 0 aromatic heterocycles. The Morgan fingerprint density at radius 2 is 0.524 bits per heavy atom. The third-order valence-electron chi connectivity index (χ3n) is 6.92. The fourth-order valence-electron chi connectivity index (χ4n) is 4.36. The predicted molar refractivity (Wildman–Crippen MR) is 194 cm³/mol. The third-order valence-corrected chi connectivity index (χ3v) is 7.72. The van der Waals surface area contributed by atoms with Crippen molar-refractivity contribution < 1.29 is 17.7 Å². The van der Waals surface area contributed by atoms with Crippen LogP contribution in [0, 0.1) is 0 Å². The van der Waals surface area contributed by atoms with Gasteiger partial charge >= 0.3 is 0 Å². The third kappa shape index (κ3) is 77.6. The lowest BCUT2D eigenvalue weighted by molar-refractivity contribution is 0.277. The molecular weight excluding hydrogens is 540 g/mol. The van der Waals surface area contributed by atoms with Crippen LogP contribution in [-0.4, -0.2) is 32.9 Å². The zero-order valence-electron chi connectivity index (χ0n) is 30.9. The molecule has 0 unspecified atom stereocenters. The molecule has 0 heterocycles. The lowest BCUT2D eigenvalue weighted by atomic mass is 10.1. The first-order valence-corrected chi connectivity index (χ1v) is 20.3. The standard InChI is InChI=1S/C12H26.C11H24.C10H22O3S.C2H6O.C2H6/c1-3-5-7-9-11-12-10-8-6-4-2;1-3-5-7-9-11-10-8-6-4-2;1-2-3-4-5-6-7-8-9-10-14(11,12)13;1-3-2;1-2/h3-12H2,1-2H3;3-11H2,1-2H3;2-10H2,1H3,(H,11,12,13);1-2H3;1-2H3. The minimum absolute atomic E-state index is 0.0814. The highest BCUT2D eigenvalue weighted by Gasteiger charge is 2.02. The summed E-state index contributed by atoms with van der Waals surface area (Å²) < 4.78 is 33.4. The minimum atomic E-state index is -3.73. The van der Waals surface area contributed by atoms with E-state index in [1.807, 2.05) is 13.8 Å². The summed E-state index contributed by atoms with van der Waals surface area (Å²) in [7, 11) is -0.475. The van der Waals surface area contributed by atoms with E-state index < -0.39 is 10.1 Å². The van der Waals surface area contributed by atoms with Crippen molar-refractivity contribution in [2.24, 2.45) is 0 Å². The monoisotopic (exact) mass is 625 g/mol. The minimum Gasteiger partial charge on any atom is -0.388 e. The molecule has 0 aromatic carbocycles. The quantitative estimate of drug-likeness (QED) is 0.0768. The molecule has 0 saturated heterocycles. The summed E-state index contributed by atoms with van der Waals surface area (Å²) in [5.41, 5.74) is 0. The molecule has 0 aromatic rings. The molecule has 0 aliphatic heterocycles. The molecule has 0 radical (unpaired) electrons. The summed E-state index contributed by atoms with van der Waals surface area (Å²) in [6, 6.07) is 0. The van der Waals surface area contributed by atoms with E-state index in [0.717, 1.165) is 12.8 Å². The first-order chi connectivity index (χ1) is 20.3. The number of methoxy groups -OCH3 is 1. The summed E-state index contributed by atoms with van der Waals surface area (Å²) in [5, 5.41) is 0. The topological polar surface area (TPSA) is 63.6 Å². The summed E-state index contributed by atoms with van der Waals surface area (Å²) in [6.45, 7) is 15.3. The van der Waals surface area contributed by atoms with Gasteiger partial charge in [0.15, 0.2) is 0 Å². The molecule has 5 heteroatoms. The van der Waals surface area contributed by atoms with Crippen molar-refractivity contribution in [1.29, 1.82) is 0 Å². The maximum Gasteiger partial charge on any atom is 0.264 e. The Morgan fingerprint density at radius 1 is 0.381 bits per heavy atom. The van der Waals surface area contributed by atoms with Gasteiger partial charge in [0.2, 0.25) is 0 Å². The van der Waals surface area contributed by atoms with Gasteiger partial charge < -0.3 is 4.74 Å². The predicted octanol–water partition coefficient (Wildman–Crippen LogP) is 13.8. The van der Waals surface area contributed by atoms with Gasteiger partial charge in [0, 0.05) is 14.2 Å². The fraction of sp³-hybridized carbons (Fsp3) is 1.00. The van der Waals surface area contributed by atoms with Crippen LogP contribution in [0.4, 0.5) is 0 Å². The van der Waals surface area contributed by atoms with E-state index >= 15 is 0 Å². The fourth-order valence-corrected chi connectivity index (χ4v) is 4.93. The van der Waals surface area contributed by atoms with Gasteiger partial charge in [-0.25, -0.2) is 0 Å². The van der Waals surface area contributed by atoms with Gasteiger partial charge in [0.25, 0.3) is 10.1 Å². The molecule has 42 heavy (non-hydrogen) atoms. The Morgan fingerprint density at radius 3 is 0.667 bits per heavy atom. The average molecular weight is 625 g/mol. The number of hydrogen-bond donors (Lipinski definition) is 1. The van der Waals surface area contributed by atoms with Gasteiger partial charge in [-0.2, -0.15) is 8.42 Å². The molecule has 0 amide bonds. The summed E-state index contributed by atoms with van der Waals surface area (Å²) in [4.78, 5) is 0. The summed E-state index contributed by atoms with van der Waals surface area (Å²) in [6.07, 6.45) is 36.2. The van der Waals surface area contributed by atoms with Crippen LogP contribution in [0.1, 0.15) is 222 Å². The first kappa shape index (κ1) is 51.4. The van der Waals surface area contributed by atoms with Crippen molar-refractivity contribution in [1.82, 2.24) is 0 Å². The highest BCUT2D eigenvalue weighted by molar-refractivity contribution is 7.85. The van der Waals surface area contributed by atoms with Crippen LogP contribution >= 0.6 is 0 Å². The Balaban J connectivity index is -0.000000152. The van der Waals surface area contributed by atoms with Crippen molar-refractivity contribution in [2.75, 3.05) is 20.0 Å². The SMILES string of the molecule is CC.CCCCCCCCCCC.CCCCCCCCCCCC.CCCCCCCCCCS(=O)(=O)O.COC. The van der Waals surface area contributed by atoms with Crippen LogP contribution in [0.3, 0.4) is 0 Å². The van der Waals surface area contributed by atoms with Crippen LogP contribution in [-0.2, 0) is 14.9 Å². The van der Waals surface area contributed by atoms with E-state index in [1.54, 1.807) is 14.2 Å². The molecule has 4 nitrogen and oxygen atoms in total. The zero-order chi connectivity index (χ0) is 33.0. The number of rotatable bonds is 26. The maximum atomic E-state index is 10.4. The number of ether oxygens (including phenoxy) is 1. The van der Waals surface area contributed by atoms with E-state index in [0.29, 0.717) is 6.42 Å². The van der Waals surface area contributed by atoms with Gasteiger partial charge in [-0.05, 0) is 6.42 Å². The highest BCUT2D eigenvalue weighted by Crippen LogP contribution is 2.11.